The Labute approximate surface area is 260 Å². The number of carbonyl (C=O) groups excluding carboxylic acids is 1. The fraction of sp³-hybridized carbons (Fsp3) is 0.182. The fourth-order valence-corrected chi connectivity index (χ4v) is 6.53. The molecule has 0 radical (unpaired) electrons. The van der Waals surface area contributed by atoms with Gasteiger partial charge in [-0.1, -0.05) is 41.7 Å². The number of hydrogen-bond donors (Lipinski definition) is 0. The van der Waals surface area contributed by atoms with Crippen molar-refractivity contribution in [1.82, 2.24) is 4.57 Å². The molecule has 3 heterocycles. The number of benzene rings is 3. The molecule has 0 fully saturated rings. The number of nitro groups is 1. The van der Waals surface area contributed by atoms with Crippen LogP contribution in [0.25, 0.3) is 28.2 Å². The number of ether oxygens (including phenoxy) is 3. The maximum atomic E-state index is 14.2. The van der Waals surface area contributed by atoms with Crippen LogP contribution in [0.3, 0.4) is 0 Å². The number of methoxy groups -OCH3 is 2. The van der Waals surface area contributed by atoms with Crippen LogP contribution in [0.1, 0.15) is 31.2 Å². The molecule has 0 aliphatic carbocycles. The standard InChI is InChI=1S/C33H27N3O8S/c1-5-43-32(38)28-18(2)34-33-35(30(28)29-22-9-7-6-8-19(22)10-14-26(29)42-4)31(37)27(45-33)17-21-12-15-25(44-21)23-13-11-20(41-3)16-24(23)36(39)40/h6-17,30H,5H2,1-4H3/b27-17-. The minimum atomic E-state index is -0.891. The molecule has 0 bridgehead atoms. The third-order valence-corrected chi connectivity index (χ3v) is 8.49. The molecule has 5 aromatic rings. The molecule has 0 N–H and O–H groups in total. The third kappa shape index (κ3) is 5.18. The summed E-state index contributed by atoms with van der Waals surface area (Å²) >= 11 is 1.14. The van der Waals surface area contributed by atoms with Crippen LogP contribution in [-0.2, 0) is 9.53 Å². The summed E-state index contributed by atoms with van der Waals surface area (Å²) < 4.78 is 24.1. The van der Waals surface area contributed by atoms with Crippen molar-refractivity contribution in [3.63, 3.8) is 0 Å². The van der Waals surface area contributed by atoms with Crippen LogP contribution in [0.4, 0.5) is 5.69 Å². The van der Waals surface area contributed by atoms with Gasteiger partial charge in [0.1, 0.15) is 29.1 Å². The maximum absolute atomic E-state index is 14.2. The van der Waals surface area contributed by atoms with Crippen molar-refractivity contribution >= 4 is 39.8 Å². The Morgan fingerprint density at radius 1 is 1.11 bits per heavy atom. The van der Waals surface area contributed by atoms with E-state index in [9.17, 15) is 19.7 Å². The first-order valence-electron chi connectivity index (χ1n) is 13.9. The molecule has 0 saturated heterocycles. The van der Waals surface area contributed by atoms with E-state index in [1.165, 1.54) is 17.7 Å². The molecule has 45 heavy (non-hydrogen) atoms. The van der Waals surface area contributed by atoms with Crippen molar-refractivity contribution in [2.24, 2.45) is 4.99 Å². The molecule has 2 aromatic heterocycles. The van der Waals surface area contributed by atoms with Crippen LogP contribution in [0.15, 0.2) is 92.2 Å². The fourth-order valence-electron chi connectivity index (χ4n) is 5.50. The van der Waals surface area contributed by atoms with Gasteiger partial charge in [0.15, 0.2) is 4.80 Å². The normalized spacial score (nSPS) is 14.7. The minimum Gasteiger partial charge on any atom is -0.497 e. The van der Waals surface area contributed by atoms with Gasteiger partial charge in [-0.2, -0.15) is 0 Å². The second kappa shape index (κ2) is 11.9. The monoisotopic (exact) mass is 625 g/mol. The highest BCUT2D eigenvalue weighted by molar-refractivity contribution is 7.07. The van der Waals surface area contributed by atoms with Gasteiger partial charge < -0.3 is 18.6 Å². The Balaban J connectivity index is 1.54. The van der Waals surface area contributed by atoms with E-state index in [0.29, 0.717) is 37.9 Å². The summed E-state index contributed by atoms with van der Waals surface area (Å²) in [5, 5.41) is 13.5. The van der Waals surface area contributed by atoms with E-state index in [2.05, 4.69) is 4.99 Å². The summed E-state index contributed by atoms with van der Waals surface area (Å²) in [7, 11) is 2.97. The Kier molecular flexibility index (Phi) is 7.81. The van der Waals surface area contributed by atoms with E-state index in [1.807, 2.05) is 36.4 Å². The van der Waals surface area contributed by atoms with Crippen LogP contribution >= 0.6 is 11.3 Å². The number of esters is 1. The molecular weight excluding hydrogens is 598 g/mol. The lowest BCUT2D eigenvalue weighted by atomic mass is 9.90. The minimum absolute atomic E-state index is 0.145. The second-order valence-electron chi connectivity index (χ2n) is 10.0. The third-order valence-electron chi connectivity index (χ3n) is 7.51. The molecule has 0 amide bonds. The zero-order valence-corrected chi connectivity index (χ0v) is 25.5. The number of fused-ring (bicyclic) bond motifs is 2. The largest absolute Gasteiger partial charge is 0.497 e. The van der Waals surface area contributed by atoms with E-state index in [0.717, 1.165) is 22.1 Å². The Bertz CT molecular complexity index is 2210. The summed E-state index contributed by atoms with van der Waals surface area (Å²) in [5.41, 5.74) is 0.972. The van der Waals surface area contributed by atoms with Gasteiger partial charge in [0.25, 0.3) is 11.2 Å². The van der Waals surface area contributed by atoms with Crippen molar-refractivity contribution in [1.29, 1.82) is 0 Å². The molecule has 0 spiro atoms. The molecule has 228 valence electrons. The molecular formula is C33H27N3O8S. The molecule has 12 heteroatoms. The van der Waals surface area contributed by atoms with Gasteiger partial charge in [-0.3, -0.25) is 19.5 Å². The Morgan fingerprint density at radius 3 is 2.64 bits per heavy atom. The number of carbonyl (C=O) groups is 1. The predicted molar refractivity (Wildman–Crippen MR) is 168 cm³/mol. The predicted octanol–water partition coefficient (Wildman–Crippen LogP) is 5.14. The SMILES string of the molecule is CCOC(=O)C1=C(C)N=c2s/c(=C\c3ccc(-c4ccc(OC)cc4[N+](=O)[O-])o3)c(=O)n2C1c1c(OC)ccc2ccccc12. The van der Waals surface area contributed by atoms with Crippen LogP contribution in [0, 0.1) is 10.1 Å². The highest BCUT2D eigenvalue weighted by atomic mass is 32.1. The molecule has 1 aliphatic rings. The van der Waals surface area contributed by atoms with Gasteiger partial charge in [-0.05, 0) is 55.0 Å². The average Bonchev–Trinajstić information content (AvgIpc) is 3.63. The van der Waals surface area contributed by atoms with E-state index >= 15 is 0 Å². The molecule has 1 unspecified atom stereocenters. The summed E-state index contributed by atoms with van der Waals surface area (Å²) in [4.78, 5) is 43.9. The quantitative estimate of drug-likeness (QED) is 0.131. The number of allylic oxidation sites excluding steroid dienone is 1. The van der Waals surface area contributed by atoms with Crippen LogP contribution in [0.2, 0.25) is 0 Å². The first-order valence-corrected chi connectivity index (χ1v) is 14.7. The van der Waals surface area contributed by atoms with Gasteiger partial charge in [0, 0.05) is 11.6 Å². The lowest BCUT2D eigenvalue weighted by Gasteiger charge is -2.27. The van der Waals surface area contributed by atoms with E-state index in [4.69, 9.17) is 18.6 Å². The second-order valence-corrected chi connectivity index (χ2v) is 11.1. The lowest BCUT2D eigenvalue weighted by molar-refractivity contribution is -0.384. The number of nitro benzene ring substituents is 1. The maximum Gasteiger partial charge on any atom is 0.338 e. The molecule has 11 nitrogen and oxygen atoms in total. The zero-order valence-electron chi connectivity index (χ0n) is 24.7. The Hall–Kier alpha value is -5.49. The van der Waals surface area contributed by atoms with E-state index in [1.54, 1.807) is 51.3 Å². The topological polar surface area (TPSA) is 135 Å². The highest BCUT2D eigenvalue weighted by Gasteiger charge is 2.36. The van der Waals surface area contributed by atoms with Crippen LogP contribution in [-0.4, -0.2) is 36.3 Å². The first-order chi connectivity index (χ1) is 21.7. The van der Waals surface area contributed by atoms with E-state index in [-0.39, 0.29) is 29.2 Å². The van der Waals surface area contributed by atoms with Gasteiger partial charge >= 0.3 is 5.97 Å². The summed E-state index contributed by atoms with van der Waals surface area (Å²) in [6.07, 6.45) is 1.56. The number of furan rings is 1. The van der Waals surface area contributed by atoms with Crippen LogP contribution < -0.4 is 24.4 Å². The van der Waals surface area contributed by atoms with Crippen molar-refractivity contribution in [2.75, 3.05) is 20.8 Å². The van der Waals surface area contributed by atoms with Crippen molar-refractivity contribution in [2.45, 2.75) is 19.9 Å². The molecule has 3 aromatic carbocycles. The van der Waals surface area contributed by atoms with Gasteiger partial charge in [0.2, 0.25) is 0 Å². The molecule has 1 atom stereocenters. The zero-order chi connectivity index (χ0) is 31.8. The van der Waals surface area contributed by atoms with Crippen LogP contribution in [0.5, 0.6) is 11.5 Å². The van der Waals surface area contributed by atoms with Crippen molar-refractivity contribution in [3.8, 4) is 22.8 Å². The first kappa shape index (κ1) is 29.6. The van der Waals surface area contributed by atoms with E-state index < -0.39 is 22.5 Å². The number of rotatable bonds is 8. The summed E-state index contributed by atoms with van der Waals surface area (Å²) in [6.45, 7) is 3.58. The lowest BCUT2D eigenvalue weighted by Crippen LogP contribution is -2.40. The van der Waals surface area contributed by atoms with Gasteiger partial charge in [-0.25, -0.2) is 9.79 Å². The Morgan fingerprint density at radius 2 is 1.91 bits per heavy atom. The number of thiazole rings is 1. The van der Waals surface area contributed by atoms with Gasteiger partial charge in [-0.15, -0.1) is 0 Å². The molecule has 6 rings (SSSR count). The number of hydrogen-bond acceptors (Lipinski definition) is 10. The molecule has 0 saturated carbocycles. The number of aromatic nitrogens is 1. The molecule has 1 aliphatic heterocycles. The van der Waals surface area contributed by atoms with Crippen molar-refractivity contribution < 1.29 is 28.3 Å². The van der Waals surface area contributed by atoms with Gasteiger partial charge in [0.05, 0.1) is 53.2 Å². The summed E-state index contributed by atoms with van der Waals surface area (Å²) in [5.74, 6) is 0.822. The number of nitrogens with zero attached hydrogens (tertiary/aromatic N) is 3. The summed E-state index contributed by atoms with van der Waals surface area (Å²) in [6, 6.07) is 18.2. The smallest absolute Gasteiger partial charge is 0.338 e. The average molecular weight is 626 g/mol. The van der Waals surface area contributed by atoms with Crippen molar-refractivity contribution in [3.05, 3.63) is 119 Å². The highest BCUT2D eigenvalue weighted by Crippen LogP contribution is 2.40.